The molecular formula is C13H28N2O2. The van der Waals surface area contributed by atoms with Crippen LogP contribution in [0.15, 0.2) is 0 Å². The van der Waals surface area contributed by atoms with Gasteiger partial charge in [-0.1, -0.05) is 19.8 Å². The molecule has 0 aliphatic carbocycles. The van der Waals surface area contributed by atoms with Gasteiger partial charge in [0.15, 0.2) is 0 Å². The van der Waals surface area contributed by atoms with E-state index < -0.39 is 0 Å². The zero-order valence-corrected chi connectivity index (χ0v) is 11.3. The number of hydrogen-bond acceptors (Lipinski definition) is 4. The molecule has 4 heteroatoms. The predicted octanol–water partition coefficient (Wildman–Crippen LogP) is 0.976. The van der Waals surface area contributed by atoms with Gasteiger partial charge in [0.1, 0.15) is 0 Å². The molecule has 3 N–H and O–H groups in total. The Morgan fingerprint density at radius 2 is 2.18 bits per heavy atom. The molecular weight excluding hydrogens is 216 g/mol. The van der Waals surface area contributed by atoms with Crippen molar-refractivity contribution in [3.8, 4) is 0 Å². The summed E-state index contributed by atoms with van der Waals surface area (Å²) in [6.07, 6.45) is 6.17. The van der Waals surface area contributed by atoms with Crippen molar-refractivity contribution < 1.29 is 9.84 Å². The second-order valence-electron chi connectivity index (χ2n) is 5.02. The van der Waals surface area contributed by atoms with Crippen LogP contribution >= 0.6 is 0 Å². The number of aliphatic hydroxyl groups is 1. The van der Waals surface area contributed by atoms with Gasteiger partial charge in [-0.3, -0.25) is 4.90 Å². The van der Waals surface area contributed by atoms with Gasteiger partial charge in [0.05, 0.1) is 19.3 Å². The smallest absolute Gasteiger partial charge is 0.0629 e. The van der Waals surface area contributed by atoms with E-state index in [1.807, 2.05) is 0 Å². The van der Waals surface area contributed by atoms with Crippen molar-refractivity contribution in [1.29, 1.82) is 0 Å². The standard InChI is InChI=1S/C13H28N2O2/c1-3-11-7-5-4-6-8-15(11)13(9-16)12(14)10-17-2/h11-13,16H,3-10,14H2,1-2H3. The number of nitrogens with zero attached hydrogens (tertiary/aromatic N) is 1. The molecule has 0 aromatic rings. The topological polar surface area (TPSA) is 58.7 Å². The fraction of sp³-hybridized carbons (Fsp3) is 1.00. The summed E-state index contributed by atoms with van der Waals surface area (Å²) in [6.45, 7) is 3.92. The fourth-order valence-corrected chi connectivity index (χ4v) is 2.86. The Balaban J connectivity index is 2.68. The number of ether oxygens (including phenoxy) is 1. The monoisotopic (exact) mass is 244 g/mol. The minimum atomic E-state index is -0.0999. The van der Waals surface area contributed by atoms with Crippen LogP contribution in [0.3, 0.4) is 0 Å². The van der Waals surface area contributed by atoms with Crippen LogP contribution in [0.25, 0.3) is 0 Å². The van der Waals surface area contributed by atoms with Crippen LogP contribution in [0, 0.1) is 0 Å². The molecule has 3 atom stereocenters. The van der Waals surface area contributed by atoms with Crippen LogP contribution in [0.1, 0.15) is 39.0 Å². The molecule has 4 nitrogen and oxygen atoms in total. The molecule has 0 radical (unpaired) electrons. The maximum atomic E-state index is 9.60. The van der Waals surface area contributed by atoms with E-state index in [2.05, 4.69) is 11.8 Å². The van der Waals surface area contributed by atoms with Gasteiger partial charge in [-0.15, -0.1) is 0 Å². The number of likely N-dealkylation sites (tertiary alicyclic amines) is 1. The molecule has 102 valence electrons. The lowest BCUT2D eigenvalue weighted by molar-refractivity contribution is 0.0434. The summed E-state index contributed by atoms with van der Waals surface area (Å²) in [7, 11) is 1.66. The zero-order chi connectivity index (χ0) is 12.7. The maximum Gasteiger partial charge on any atom is 0.0629 e. The highest BCUT2D eigenvalue weighted by Gasteiger charge is 2.30. The van der Waals surface area contributed by atoms with Crippen molar-refractivity contribution in [2.45, 2.75) is 57.2 Å². The van der Waals surface area contributed by atoms with Crippen LogP contribution in [-0.4, -0.2) is 55.0 Å². The minimum Gasteiger partial charge on any atom is -0.395 e. The van der Waals surface area contributed by atoms with Gasteiger partial charge >= 0.3 is 0 Å². The highest BCUT2D eigenvalue weighted by molar-refractivity contribution is 4.87. The van der Waals surface area contributed by atoms with Gasteiger partial charge in [-0.05, 0) is 25.8 Å². The quantitative estimate of drug-likeness (QED) is 0.731. The Morgan fingerprint density at radius 1 is 1.41 bits per heavy atom. The highest BCUT2D eigenvalue weighted by Crippen LogP contribution is 2.22. The SMILES string of the molecule is CCC1CCCCCN1C(CO)C(N)COC. The lowest BCUT2D eigenvalue weighted by Gasteiger charge is -2.38. The van der Waals surface area contributed by atoms with Gasteiger partial charge in [0.2, 0.25) is 0 Å². The fourth-order valence-electron chi connectivity index (χ4n) is 2.86. The summed E-state index contributed by atoms with van der Waals surface area (Å²) in [6, 6.07) is 0.507. The summed E-state index contributed by atoms with van der Waals surface area (Å²) < 4.78 is 5.11. The Morgan fingerprint density at radius 3 is 2.76 bits per heavy atom. The molecule has 1 aliphatic rings. The summed E-state index contributed by atoms with van der Waals surface area (Å²) >= 11 is 0. The van der Waals surface area contributed by atoms with E-state index in [-0.39, 0.29) is 18.7 Å². The van der Waals surface area contributed by atoms with E-state index >= 15 is 0 Å². The minimum absolute atomic E-state index is 0.0398. The van der Waals surface area contributed by atoms with Crippen LogP contribution < -0.4 is 5.73 Å². The number of aliphatic hydroxyl groups excluding tert-OH is 1. The van der Waals surface area contributed by atoms with E-state index in [9.17, 15) is 5.11 Å². The van der Waals surface area contributed by atoms with Crippen LogP contribution in [0.2, 0.25) is 0 Å². The number of nitrogens with two attached hydrogens (primary N) is 1. The molecule has 17 heavy (non-hydrogen) atoms. The third-order valence-corrected chi connectivity index (χ3v) is 3.86. The van der Waals surface area contributed by atoms with E-state index in [0.29, 0.717) is 12.6 Å². The van der Waals surface area contributed by atoms with Crippen molar-refractivity contribution in [3.63, 3.8) is 0 Å². The summed E-state index contributed by atoms with van der Waals surface area (Å²) in [5, 5.41) is 9.60. The van der Waals surface area contributed by atoms with Gasteiger partial charge in [0, 0.05) is 19.2 Å². The molecule has 0 aromatic carbocycles. The highest BCUT2D eigenvalue weighted by atomic mass is 16.5. The molecule has 1 fully saturated rings. The van der Waals surface area contributed by atoms with Gasteiger partial charge in [0.25, 0.3) is 0 Å². The Bertz CT molecular complexity index is 202. The van der Waals surface area contributed by atoms with E-state index in [1.54, 1.807) is 7.11 Å². The molecule has 0 amide bonds. The first-order valence-corrected chi connectivity index (χ1v) is 6.85. The van der Waals surface area contributed by atoms with E-state index in [0.717, 1.165) is 13.0 Å². The average Bonchev–Trinajstić information content (AvgIpc) is 2.56. The lowest BCUT2D eigenvalue weighted by atomic mass is 10.0. The summed E-state index contributed by atoms with van der Waals surface area (Å²) in [4.78, 5) is 2.41. The summed E-state index contributed by atoms with van der Waals surface area (Å²) in [5.74, 6) is 0. The third-order valence-electron chi connectivity index (χ3n) is 3.86. The largest absolute Gasteiger partial charge is 0.395 e. The Labute approximate surface area is 105 Å². The first-order valence-electron chi connectivity index (χ1n) is 6.85. The molecule has 0 aromatic heterocycles. The van der Waals surface area contributed by atoms with Gasteiger partial charge < -0.3 is 15.6 Å². The predicted molar refractivity (Wildman–Crippen MR) is 70.0 cm³/mol. The van der Waals surface area contributed by atoms with Crippen molar-refractivity contribution in [1.82, 2.24) is 4.90 Å². The number of methoxy groups -OCH3 is 1. The molecule has 1 heterocycles. The van der Waals surface area contributed by atoms with Gasteiger partial charge in [-0.2, -0.15) is 0 Å². The molecule has 0 bridgehead atoms. The molecule has 0 saturated carbocycles. The second kappa shape index (κ2) is 8.03. The lowest BCUT2D eigenvalue weighted by Crippen LogP contribution is -2.55. The Kier molecular flexibility index (Phi) is 7.04. The molecule has 1 saturated heterocycles. The average molecular weight is 244 g/mol. The van der Waals surface area contributed by atoms with E-state index in [4.69, 9.17) is 10.5 Å². The van der Waals surface area contributed by atoms with Crippen LogP contribution in [0.5, 0.6) is 0 Å². The number of hydrogen-bond donors (Lipinski definition) is 2. The van der Waals surface area contributed by atoms with Crippen molar-refractivity contribution >= 4 is 0 Å². The number of rotatable bonds is 6. The third kappa shape index (κ3) is 4.21. The van der Waals surface area contributed by atoms with Crippen LogP contribution in [-0.2, 0) is 4.74 Å². The molecule has 3 unspecified atom stereocenters. The summed E-state index contributed by atoms with van der Waals surface area (Å²) in [5.41, 5.74) is 6.11. The normalized spacial score (nSPS) is 26.5. The molecule has 1 rings (SSSR count). The van der Waals surface area contributed by atoms with Crippen LogP contribution in [0.4, 0.5) is 0 Å². The van der Waals surface area contributed by atoms with Crippen molar-refractivity contribution in [2.24, 2.45) is 5.73 Å². The first-order chi connectivity index (χ1) is 8.24. The van der Waals surface area contributed by atoms with Crippen molar-refractivity contribution in [2.75, 3.05) is 26.9 Å². The van der Waals surface area contributed by atoms with E-state index in [1.165, 1.54) is 25.7 Å². The van der Waals surface area contributed by atoms with Crippen molar-refractivity contribution in [3.05, 3.63) is 0 Å². The molecule has 1 aliphatic heterocycles. The second-order valence-corrected chi connectivity index (χ2v) is 5.02. The zero-order valence-electron chi connectivity index (χ0n) is 11.3. The Hall–Kier alpha value is -0.160. The molecule has 0 spiro atoms. The maximum absolute atomic E-state index is 9.60. The van der Waals surface area contributed by atoms with Gasteiger partial charge in [-0.25, -0.2) is 0 Å². The first kappa shape index (κ1) is 14.9.